The standard InChI is InChI=1S/C16H23NO5/c1-16(2)21-11-13(14(10-18)22-16)9-17(15(19)20)8-12-6-4-3-5-7-12/h3-7,13-14,18H,8-11H2,1-2H3,(H,19,20). The van der Waals surface area contributed by atoms with Gasteiger partial charge < -0.3 is 24.6 Å². The van der Waals surface area contributed by atoms with Gasteiger partial charge in [0.1, 0.15) is 0 Å². The van der Waals surface area contributed by atoms with Crippen LogP contribution < -0.4 is 0 Å². The third-order valence-corrected chi connectivity index (χ3v) is 3.73. The topological polar surface area (TPSA) is 79.2 Å². The van der Waals surface area contributed by atoms with Crippen LogP contribution in [0.3, 0.4) is 0 Å². The van der Waals surface area contributed by atoms with Crippen LogP contribution in [-0.4, -0.2) is 52.9 Å². The van der Waals surface area contributed by atoms with Crippen LogP contribution in [-0.2, 0) is 16.0 Å². The van der Waals surface area contributed by atoms with Crippen LogP contribution in [0.2, 0.25) is 0 Å². The number of ether oxygens (including phenoxy) is 2. The van der Waals surface area contributed by atoms with Gasteiger partial charge in [-0.1, -0.05) is 30.3 Å². The van der Waals surface area contributed by atoms with E-state index in [2.05, 4.69) is 0 Å². The van der Waals surface area contributed by atoms with Crippen LogP contribution in [0, 0.1) is 5.92 Å². The summed E-state index contributed by atoms with van der Waals surface area (Å²) in [4.78, 5) is 12.8. The molecule has 22 heavy (non-hydrogen) atoms. The van der Waals surface area contributed by atoms with Gasteiger partial charge in [0.2, 0.25) is 0 Å². The first-order chi connectivity index (χ1) is 10.4. The lowest BCUT2D eigenvalue weighted by Gasteiger charge is -2.41. The largest absolute Gasteiger partial charge is 0.465 e. The zero-order chi connectivity index (χ0) is 16.2. The van der Waals surface area contributed by atoms with Crippen LogP contribution in [0.4, 0.5) is 4.79 Å². The molecule has 1 aliphatic heterocycles. The summed E-state index contributed by atoms with van der Waals surface area (Å²) in [6.07, 6.45) is -1.42. The Kier molecular flexibility index (Phi) is 5.39. The molecule has 0 bridgehead atoms. The Balaban J connectivity index is 2.03. The van der Waals surface area contributed by atoms with Crippen molar-refractivity contribution in [2.45, 2.75) is 32.3 Å². The van der Waals surface area contributed by atoms with Gasteiger partial charge >= 0.3 is 6.09 Å². The molecule has 0 aliphatic carbocycles. The minimum Gasteiger partial charge on any atom is -0.465 e. The van der Waals surface area contributed by atoms with Gasteiger partial charge in [-0.25, -0.2) is 4.79 Å². The summed E-state index contributed by atoms with van der Waals surface area (Å²) in [6.45, 7) is 4.32. The van der Waals surface area contributed by atoms with E-state index in [1.165, 1.54) is 4.90 Å². The van der Waals surface area contributed by atoms with Gasteiger partial charge in [-0.05, 0) is 19.4 Å². The van der Waals surface area contributed by atoms with E-state index in [1.807, 2.05) is 30.3 Å². The molecule has 2 rings (SSSR count). The van der Waals surface area contributed by atoms with Crippen LogP contribution in [0.25, 0.3) is 0 Å². The minimum absolute atomic E-state index is 0.156. The second-order valence-corrected chi connectivity index (χ2v) is 5.96. The predicted octanol–water partition coefficient (Wildman–Crippen LogP) is 1.93. The summed E-state index contributed by atoms with van der Waals surface area (Å²) < 4.78 is 11.3. The average Bonchev–Trinajstić information content (AvgIpc) is 2.48. The highest BCUT2D eigenvalue weighted by Crippen LogP contribution is 2.27. The molecule has 2 N–H and O–H groups in total. The Hall–Kier alpha value is -1.63. The molecule has 1 aliphatic rings. The highest BCUT2D eigenvalue weighted by atomic mass is 16.7. The molecule has 1 fully saturated rings. The predicted molar refractivity (Wildman–Crippen MR) is 80.4 cm³/mol. The molecular formula is C16H23NO5. The molecule has 1 heterocycles. The fourth-order valence-electron chi connectivity index (χ4n) is 2.56. The number of aliphatic hydroxyl groups is 1. The molecule has 1 amide bonds. The van der Waals surface area contributed by atoms with E-state index >= 15 is 0 Å². The van der Waals surface area contributed by atoms with E-state index in [9.17, 15) is 15.0 Å². The molecule has 2 atom stereocenters. The number of aliphatic hydroxyl groups excluding tert-OH is 1. The monoisotopic (exact) mass is 309 g/mol. The molecule has 0 radical (unpaired) electrons. The highest BCUT2D eigenvalue weighted by Gasteiger charge is 2.37. The van der Waals surface area contributed by atoms with Gasteiger partial charge in [-0.15, -0.1) is 0 Å². The van der Waals surface area contributed by atoms with Crippen molar-refractivity contribution in [1.82, 2.24) is 4.90 Å². The Bertz CT molecular complexity index is 491. The van der Waals surface area contributed by atoms with Crippen molar-refractivity contribution in [3.8, 4) is 0 Å². The van der Waals surface area contributed by atoms with Gasteiger partial charge in [0, 0.05) is 19.0 Å². The number of hydrogen-bond donors (Lipinski definition) is 2. The minimum atomic E-state index is -0.995. The van der Waals surface area contributed by atoms with Crippen LogP contribution in [0.15, 0.2) is 30.3 Å². The van der Waals surface area contributed by atoms with E-state index in [0.717, 1.165) is 5.56 Å². The van der Waals surface area contributed by atoms with Crippen molar-refractivity contribution in [2.75, 3.05) is 19.8 Å². The van der Waals surface area contributed by atoms with E-state index < -0.39 is 18.0 Å². The average molecular weight is 309 g/mol. The summed E-state index contributed by atoms with van der Waals surface area (Å²) >= 11 is 0. The van der Waals surface area contributed by atoms with Crippen LogP contribution in [0.5, 0.6) is 0 Å². The SMILES string of the molecule is CC1(C)OCC(CN(Cc2ccccc2)C(=O)O)C(CO)O1. The van der Waals surface area contributed by atoms with Crippen LogP contribution in [0.1, 0.15) is 19.4 Å². The van der Waals surface area contributed by atoms with Gasteiger partial charge in [-0.3, -0.25) is 0 Å². The molecule has 6 heteroatoms. The summed E-state index contributed by atoms with van der Waals surface area (Å²) in [7, 11) is 0. The maximum atomic E-state index is 11.5. The van der Waals surface area contributed by atoms with Gasteiger partial charge in [0.05, 0.1) is 19.3 Å². The van der Waals surface area contributed by atoms with Gasteiger partial charge in [0.15, 0.2) is 5.79 Å². The van der Waals surface area contributed by atoms with Crippen molar-refractivity contribution < 1.29 is 24.5 Å². The molecule has 122 valence electrons. The number of benzene rings is 1. The molecule has 6 nitrogen and oxygen atoms in total. The Morgan fingerprint density at radius 2 is 2.05 bits per heavy atom. The lowest BCUT2D eigenvalue weighted by molar-refractivity contribution is -0.298. The maximum Gasteiger partial charge on any atom is 0.407 e. The van der Waals surface area contributed by atoms with Crippen molar-refractivity contribution in [2.24, 2.45) is 5.92 Å². The van der Waals surface area contributed by atoms with E-state index in [4.69, 9.17) is 9.47 Å². The van der Waals surface area contributed by atoms with Gasteiger partial charge in [0.25, 0.3) is 0 Å². The third-order valence-electron chi connectivity index (χ3n) is 3.73. The first kappa shape index (κ1) is 16.7. The molecule has 1 saturated heterocycles. The number of rotatable bonds is 5. The number of carbonyl (C=O) groups is 1. The highest BCUT2D eigenvalue weighted by molar-refractivity contribution is 5.65. The normalized spacial score (nSPS) is 24.0. The zero-order valence-electron chi connectivity index (χ0n) is 12.9. The third kappa shape index (κ3) is 4.43. The fourth-order valence-corrected chi connectivity index (χ4v) is 2.56. The zero-order valence-corrected chi connectivity index (χ0v) is 12.9. The molecule has 1 aromatic rings. The molecule has 0 aromatic heterocycles. The van der Waals surface area contributed by atoms with E-state index in [-0.39, 0.29) is 19.1 Å². The first-order valence-corrected chi connectivity index (χ1v) is 7.35. The number of nitrogens with zero attached hydrogens (tertiary/aromatic N) is 1. The summed E-state index contributed by atoms with van der Waals surface area (Å²) in [6, 6.07) is 9.41. The molecule has 1 aromatic carbocycles. The summed E-state index contributed by atoms with van der Waals surface area (Å²) in [5, 5.41) is 18.9. The fraction of sp³-hybridized carbons (Fsp3) is 0.562. The van der Waals surface area contributed by atoms with Crippen LogP contribution >= 0.6 is 0 Å². The summed E-state index contributed by atoms with van der Waals surface area (Å²) in [5.41, 5.74) is 0.920. The van der Waals surface area contributed by atoms with Crippen molar-refractivity contribution >= 4 is 6.09 Å². The van der Waals surface area contributed by atoms with E-state index in [0.29, 0.717) is 13.2 Å². The maximum absolute atomic E-state index is 11.5. The lowest BCUT2D eigenvalue weighted by atomic mass is 10.0. The van der Waals surface area contributed by atoms with Gasteiger partial charge in [-0.2, -0.15) is 0 Å². The Labute approximate surface area is 130 Å². The first-order valence-electron chi connectivity index (χ1n) is 7.35. The quantitative estimate of drug-likeness (QED) is 0.869. The smallest absolute Gasteiger partial charge is 0.407 e. The van der Waals surface area contributed by atoms with Crippen molar-refractivity contribution in [1.29, 1.82) is 0 Å². The number of amides is 1. The molecule has 0 saturated carbocycles. The number of hydrogen-bond acceptors (Lipinski definition) is 4. The van der Waals surface area contributed by atoms with Crippen molar-refractivity contribution in [3.63, 3.8) is 0 Å². The second kappa shape index (κ2) is 7.09. The Morgan fingerprint density at radius 3 is 2.64 bits per heavy atom. The number of carboxylic acid groups (broad SMARTS) is 1. The second-order valence-electron chi connectivity index (χ2n) is 5.96. The molecule has 0 spiro atoms. The summed E-state index contributed by atoms with van der Waals surface area (Å²) in [5.74, 6) is -0.949. The van der Waals surface area contributed by atoms with E-state index in [1.54, 1.807) is 13.8 Å². The molecular weight excluding hydrogens is 286 g/mol. The molecule has 2 unspecified atom stereocenters. The van der Waals surface area contributed by atoms with Crippen molar-refractivity contribution in [3.05, 3.63) is 35.9 Å². The lowest BCUT2D eigenvalue weighted by Crippen LogP contribution is -2.51. The Morgan fingerprint density at radius 1 is 1.36 bits per heavy atom.